The molecule has 10 heavy (non-hydrogen) atoms. The summed E-state index contributed by atoms with van der Waals surface area (Å²) in [6.45, 7) is 3.74. The number of rotatable bonds is 1. The third-order valence-electron chi connectivity index (χ3n) is 1.39. The Bertz CT molecular complexity index is 233. The zero-order valence-electron chi connectivity index (χ0n) is 5.92. The molecule has 0 atom stereocenters. The van der Waals surface area contributed by atoms with Gasteiger partial charge in [0.25, 0.3) is 0 Å². The zero-order chi connectivity index (χ0) is 7.56. The van der Waals surface area contributed by atoms with Gasteiger partial charge in [-0.1, -0.05) is 6.07 Å². The maximum Gasteiger partial charge on any atom is 0.124 e. The van der Waals surface area contributed by atoms with Crippen molar-refractivity contribution in [3.05, 3.63) is 30.7 Å². The second-order valence-corrected chi connectivity index (χ2v) is 2.03. The fourth-order valence-electron chi connectivity index (χ4n) is 0.774. The van der Waals surface area contributed by atoms with E-state index in [1.165, 1.54) is 0 Å². The van der Waals surface area contributed by atoms with Gasteiger partial charge in [-0.25, -0.2) is 0 Å². The summed E-state index contributed by atoms with van der Waals surface area (Å²) in [5, 5.41) is 0. The van der Waals surface area contributed by atoms with Gasteiger partial charge in [-0.2, -0.15) is 0 Å². The van der Waals surface area contributed by atoms with Crippen LogP contribution in [0.3, 0.4) is 0 Å². The first-order valence-electron chi connectivity index (χ1n) is 3.00. The van der Waals surface area contributed by atoms with Gasteiger partial charge in [0, 0.05) is 11.3 Å². The highest BCUT2D eigenvalue weighted by atomic mass is 16.5. The molecule has 1 aromatic rings. The van der Waals surface area contributed by atoms with E-state index in [0.717, 1.165) is 11.3 Å². The predicted octanol–water partition coefficient (Wildman–Crippen LogP) is 1.46. The molecule has 1 aromatic carbocycles. The molecule has 2 N–H and O–H groups in total. The van der Waals surface area contributed by atoms with Crippen LogP contribution in [0.4, 0.5) is 5.69 Å². The quantitative estimate of drug-likeness (QED) is 0.593. The van der Waals surface area contributed by atoms with E-state index in [4.69, 9.17) is 10.5 Å². The van der Waals surface area contributed by atoms with Crippen molar-refractivity contribution in [2.75, 3.05) is 12.8 Å². The van der Waals surface area contributed by atoms with Crippen LogP contribution in [0.25, 0.3) is 0 Å². The van der Waals surface area contributed by atoms with Crippen molar-refractivity contribution in [1.82, 2.24) is 0 Å². The number of hydrogen-bond donors (Lipinski definition) is 1. The Morgan fingerprint density at radius 3 is 2.70 bits per heavy atom. The van der Waals surface area contributed by atoms with E-state index in [1.54, 1.807) is 13.2 Å². The van der Waals surface area contributed by atoms with Gasteiger partial charge in [-0.05, 0) is 19.1 Å². The summed E-state index contributed by atoms with van der Waals surface area (Å²) in [4.78, 5) is 0. The summed E-state index contributed by atoms with van der Waals surface area (Å²) < 4.78 is 4.98. The number of hydrogen-bond acceptors (Lipinski definition) is 2. The maximum atomic E-state index is 5.55. The Morgan fingerprint density at radius 1 is 1.50 bits per heavy atom. The Morgan fingerprint density at radius 2 is 2.20 bits per heavy atom. The van der Waals surface area contributed by atoms with Crippen molar-refractivity contribution < 1.29 is 4.74 Å². The average molecular weight is 136 g/mol. The molecule has 1 rings (SSSR count). The van der Waals surface area contributed by atoms with Crippen LogP contribution < -0.4 is 10.5 Å². The molecule has 0 bridgehead atoms. The number of ether oxygens (including phenoxy) is 1. The maximum absolute atomic E-state index is 5.55. The third-order valence-corrected chi connectivity index (χ3v) is 1.39. The van der Waals surface area contributed by atoms with Gasteiger partial charge in [0.15, 0.2) is 0 Å². The second kappa shape index (κ2) is 2.60. The van der Waals surface area contributed by atoms with Crippen LogP contribution in [0.1, 0.15) is 5.56 Å². The lowest BCUT2D eigenvalue weighted by Gasteiger charge is -2.04. The molecule has 0 aliphatic rings. The summed E-state index contributed by atoms with van der Waals surface area (Å²) in [6.07, 6.45) is 0. The smallest absolute Gasteiger partial charge is 0.124 e. The van der Waals surface area contributed by atoms with Crippen LogP contribution in [0.2, 0.25) is 0 Å². The largest absolute Gasteiger partial charge is 0.496 e. The highest BCUT2D eigenvalue weighted by Gasteiger charge is 1.98. The molecular weight excluding hydrogens is 126 g/mol. The summed E-state index contributed by atoms with van der Waals surface area (Å²) in [6, 6.07) is 5.46. The van der Waals surface area contributed by atoms with Crippen molar-refractivity contribution in [3.8, 4) is 5.75 Å². The lowest BCUT2D eigenvalue weighted by molar-refractivity contribution is 0.413. The van der Waals surface area contributed by atoms with Crippen LogP contribution in [-0.4, -0.2) is 7.11 Å². The molecule has 0 aliphatic carbocycles. The second-order valence-electron chi connectivity index (χ2n) is 2.03. The lowest BCUT2D eigenvalue weighted by atomic mass is 10.2. The predicted molar refractivity (Wildman–Crippen MR) is 41.9 cm³/mol. The van der Waals surface area contributed by atoms with E-state index >= 15 is 0 Å². The van der Waals surface area contributed by atoms with Crippen LogP contribution >= 0.6 is 0 Å². The molecule has 2 nitrogen and oxygen atoms in total. The number of nitrogens with two attached hydrogens (primary N) is 1. The molecule has 0 aromatic heterocycles. The molecule has 1 radical (unpaired) electrons. The monoisotopic (exact) mass is 136 g/mol. The molecule has 0 heterocycles. The number of anilines is 1. The lowest BCUT2D eigenvalue weighted by Crippen LogP contribution is -1.92. The van der Waals surface area contributed by atoms with E-state index in [2.05, 4.69) is 6.92 Å². The summed E-state index contributed by atoms with van der Waals surface area (Å²) >= 11 is 0. The van der Waals surface area contributed by atoms with E-state index in [-0.39, 0.29) is 0 Å². The van der Waals surface area contributed by atoms with Crippen LogP contribution in [0, 0.1) is 6.92 Å². The van der Waals surface area contributed by atoms with Crippen LogP contribution in [0.15, 0.2) is 18.2 Å². The van der Waals surface area contributed by atoms with E-state index in [0.29, 0.717) is 5.69 Å². The minimum absolute atomic E-state index is 0.666. The standard InChI is InChI=1S/C8H10NO/c1-6-7(9)4-3-5-8(6)10-2/h3-5H,1,9H2,2H3. The van der Waals surface area contributed by atoms with E-state index in [9.17, 15) is 0 Å². The molecule has 0 fully saturated rings. The van der Waals surface area contributed by atoms with Gasteiger partial charge in [-0.3, -0.25) is 0 Å². The van der Waals surface area contributed by atoms with Gasteiger partial charge in [-0.15, -0.1) is 0 Å². The zero-order valence-corrected chi connectivity index (χ0v) is 5.92. The third kappa shape index (κ3) is 1.05. The first kappa shape index (κ1) is 6.93. The number of benzene rings is 1. The molecule has 53 valence electrons. The molecule has 0 saturated heterocycles. The molecular formula is C8H10NO. The fourth-order valence-corrected chi connectivity index (χ4v) is 0.774. The van der Waals surface area contributed by atoms with Gasteiger partial charge in [0.05, 0.1) is 7.11 Å². The normalized spacial score (nSPS) is 9.40. The molecule has 0 unspecified atom stereocenters. The van der Waals surface area contributed by atoms with Crippen molar-refractivity contribution in [3.63, 3.8) is 0 Å². The number of nitrogen functional groups attached to an aromatic ring is 1. The van der Waals surface area contributed by atoms with Crippen molar-refractivity contribution >= 4 is 5.69 Å². The fraction of sp³-hybridized carbons (Fsp3) is 0.125. The highest BCUT2D eigenvalue weighted by Crippen LogP contribution is 2.21. The average Bonchev–Trinajstić information content (AvgIpc) is 1.95. The van der Waals surface area contributed by atoms with Crippen molar-refractivity contribution in [2.24, 2.45) is 0 Å². The van der Waals surface area contributed by atoms with Gasteiger partial charge in [0.2, 0.25) is 0 Å². The summed E-state index contributed by atoms with van der Waals surface area (Å²) in [7, 11) is 1.60. The van der Waals surface area contributed by atoms with Gasteiger partial charge < -0.3 is 10.5 Å². The van der Waals surface area contributed by atoms with Gasteiger partial charge >= 0.3 is 0 Å². The Hall–Kier alpha value is -1.18. The highest BCUT2D eigenvalue weighted by molar-refractivity contribution is 5.55. The molecule has 0 saturated carbocycles. The molecule has 0 amide bonds. The van der Waals surface area contributed by atoms with E-state index in [1.807, 2.05) is 12.1 Å². The summed E-state index contributed by atoms with van der Waals surface area (Å²) in [5.41, 5.74) is 6.97. The summed E-state index contributed by atoms with van der Waals surface area (Å²) in [5.74, 6) is 0.736. The van der Waals surface area contributed by atoms with Gasteiger partial charge in [0.1, 0.15) is 5.75 Å². The SMILES string of the molecule is [CH2]c1c(N)cccc1OC. The first-order valence-corrected chi connectivity index (χ1v) is 3.00. The molecule has 2 heteroatoms. The Balaban J connectivity index is 3.14. The molecule has 0 spiro atoms. The minimum atomic E-state index is 0.666. The van der Waals surface area contributed by atoms with Crippen molar-refractivity contribution in [2.45, 2.75) is 0 Å². The minimum Gasteiger partial charge on any atom is -0.496 e. The van der Waals surface area contributed by atoms with Crippen LogP contribution in [-0.2, 0) is 0 Å². The molecule has 0 aliphatic heterocycles. The Labute approximate surface area is 60.6 Å². The topological polar surface area (TPSA) is 35.2 Å². The van der Waals surface area contributed by atoms with Crippen LogP contribution in [0.5, 0.6) is 5.75 Å². The van der Waals surface area contributed by atoms with Crippen molar-refractivity contribution in [1.29, 1.82) is 0 Å². The Kier molecular flexibility index (Phi) is 1.81. The van der Waals surface area contributed by atoms with E-state index < -0.39 is 0 Å². The first-order chi connectivity index (χ1) is 4.75. The number of methoxy groups -OCH3 is 1.